The Morgan fingerprint density at radius 2 is 0.786 bits per heavy atom. The summed E-state index contributed by atoms with van der Waals surface area (Å²) in [6, 6.07) is 41.9. The molecule has 0 fully saturated rings. The van der Waals surface area contributed by atoms with Crippen LogP contribution in [0.2, 0.25) is 0 Å². The lowest BCUT2D eigenvalue weighted by Crippen LogP contribution is -1.97. The number of aromatic nitrogens is 2. The van der Waals surface area contributed by atoms with E-state index in [-0.39, 0.29) is 11.6 Å². The average Bonchev–Trinajstić information content (AvgIpc) is 3.04. The van der Waals surface area contributed by atoms with Crippen LogP contribution in [0.1, 0.15) is 0 Å². The van der Waals surface area contributed by atoms with Crippen molar-refractivity contribution in [1.82, 2.24) is 9.97 Å². The van der Waals surface area contributed by atoms with Gasteiger partial charge in [0.1, 0.15) is 11.6 Å². The number of hydrogen-bond acceptors (Lipinski definition) is 2. The average molecular weight is 545 g/mol. The summed E-state index contributed by atoms with van der Waals surface area (Å²) in [5.41, 5.74) is 6.47. The van der Waals surface area contributed by atoms with E-state index in [0.717, 1.165) is 77.0 Å². The summed E-state index contributed by atoms with van der Waals surface area (Å²) in [5.74, 6) is -0.615. The van der Waals surface area contributed by atoms with Crippen LogP contribution in [0.3, 0.4) is 0 Å². The standard InChI is InChI=1S/C38H22F2N2/c39-27-15-9-25(10-16-27)37-33(21-31-29-7-3-1-5-23(29)13-19-35(31)41-37)34-22-32-30-8-4-2-6-24(30)14-20-36(32)42-38(34)26-11-17-28(40)18-12-26/h1-22H. The van der Waals surface area contributed by atoms with Gasteiger partial charge < -0.3 is 0 Å². The molecule has 0 aliphatic heterocycles. The molecule has 0 spiro atoms. The van der Waals surface area contributed by atoms with Crippen molar-refractivity contribution in [3.05, 3.63) is 145 Å². The van der Waals surface area contributed by atoms with E-state index in [1.165, 1.54) is 24.3 Å². The molecule has 8 aromatic rings. The summed E-state index contributed by atoms with van der Waals surface area (Å²) in [6.07, 6.45) is 0. The number of benzene rings is 6. The van der Waals surface area contributed by atoms with Gasteiger partial charge in [0, 0.05) is 33.0 Å². The summed E-state index contributed by atoms with van der Waals surface area (Å²) in [7, 11) is 0. The molecule has 0 saturated carbocycles. The predicted octanol–water partition coefficient (Wildman–Crippen LogP) is 10.4. The minimum absolute atomic E-state index is 0.307. The van der Waals surface area contributed by atoms with Crippen molar-refractivity contribution in [3.63, 3.8) is 0 Å². The minimum Gasteiger partial charge on any atom is -0.247 e. The lowest BCUT2D eigenvalue weighted by Gasteiger charge is -2.17. The van der Waals surface area contributed by atoms with Crippen LogP contribution in [0.25, 0.3) is 77.0 Å². The van der Waals surface area contributed by atoms with Crippen molar-refractivity contribution < 1.29 is 8.78 Å². The molecule has 42 heavy (non-hydrogen) atoms. The summed E-state index contributed by atoms with van der Waals surface area (Å²) >= 11 is 0. The Labute approximate surface area is 240 Å². The van der Waals surface area contributed by atoms with E-state index in [1.54, 1.807) is 24.3 Å². The van der Waals surface area contributed by atoms with Gasteiger partial charge >= 0.3 is 0 Å². The zero-order valence-electron chi connectivity index (χ0n) is 22.4. The molecule has 0 unspecified atom stereocenters. The summed E-state index contributed by atoms with van der Waals surface area (Å²) in [6.45, 7) is 0. The maximum absolute atomic E-state index is 14.0. The van der Waals surface area contributed by atoms with Crippen molar-refractivity contribution in [2.45, 2.75) is 0 Å². The number of rotatable bonds is 3. The molecule has 4 heteroatoms. The Hall–Kier alpha value is -5.48. The molecule has 8 rings (SSSR count). The summed E-state index contributed by atoms with van der Waals surface area (Å²) in [4.78, 5) is 10.4. The van der Waals surface area contributed by atoms with E-state index in [9.17, 15) is 8.78 Å². The maximum atomic E-state index is 14.0. The second-order valence-corrected chi connectivity index (χ2v) is 10.5. The van der Waals surface area contributed by atoms with Gasteiger partial charge in [0.05, 0.1) is 22.4 Å². The van der Waals surface area contributed by atoms with Gasteiger partial charge in [-0.3, -0.25) is 0 Å². The van der Waals surface area contributed by atoms with Gasteiger partial charge in [0.25, 0.3) is 0 Å². The number of hydrogen-bond donors (Lipinski definition) is 0. The fraction of sp³-hybridized carbons (Fsp3) is 0. The van der Waals surface area contributed by atoms with E-state index < -0.39 is 0 Å². The zero-order chi connectivity index (χ0) is 28.2. The molecular weight excluding hydrogens is 522 g/mol. The molecule has 0 saturated heterocycles. The first kappa shape index (κ1) is 24.3. The van der Waals surface area contributed by atoms with Crippen molar-refractivity contribution in [2.75, 3.05) is 0 Å². The van der Waals surface area contributed by atoms with Crippen molar-refractivity contribution >= 4 is 43.4 Å². The third-order valence-electron chi connectivity index (χ3n) is 7.97. The van der Waals surface area contributed by atoms with Crippen LogP contribution in [0.15, 0.2) is 133 Å². The highest BCUT2D eigenvalue weighted by Gasteiger charge is 2.19. The molecule has 0 aliphatic carbocycles. The van der Waals surface area contributed by atoms with Crippen LogP contribution in [0.5, 0.6) is 0 Å². The van der Waals surface area contributed by atoms with Crippen LogP contribution in [-0.4, -0.2) is 9.97 Å². The molecule has 0 radical (unpaired) electrons. The molecular formula is C38H22F2N2. The molecule has 0 N–H and O–H groups in total. The number of pyridine rings is 2. The third-order valence-corrected chi connectivity index (χ3v) is 7.97. The molecule has 0 amide bonds. The van der Waals surface area contributed by atoms with Crippen molar-refractivity contribution in [2.24, 2.45) is 0 Å². The van der Waals surface area contributed by atoms with Gasteiger partial charge in [-0.15, -0.1) is 0 Å². The highest BCUT2D eigenvalue weighted by Crippen LogP contribution is 2.42. The minimum atomic E-state index is -0.307. The van der Waals surface area contributed by atoms with Crippen molar-refractivity contribution in [1.29, 1.82) is 0 Å². The van der Waals surface area contributed by atoms with Gasteiger partial charge in [0.2, 0.25) is 0 Å². The number of nitrogens with zero attached hydrogens (tertiary/aromatic N) is 2. The molecule has 0 aliphatic rings. The fourth-order valence-corrected chi connectivity index (χ4v) is 5.92. The number of halogens is 2. The molecule has 2 aromatic heterocycles. The Bertz CT molecular complexity index is 2140. The lowest BCUT2D eigenvalue weighted by molar-refractivity contribution is 0.627. The molecule has 2 heterocycles. The molecule has 2 nitrogen and oxygen atoms in total. The first-order valence-corrected chi connectivity index (χ1v) is 13.8. The molecule has 0 atom stereocenters. The molecule has 0 bridgehead atoms. The quantitative estimate of drug-likeness (QED) is 0.207. The van der Waals surface area contributed by atoms with E-state index in [1.807, 2.05) is 36.4 Å². The Morgan fingerprint density at radius 3 is 1.21 bits per heavy atom. The summed E-state index contributed by atoms with van der Waals surface area (Å²) < 4.78 is 28.1. The van der Waals surface area contributed by atoms with Crippen LogP contribution in [0.4, 0.5) is 8.78 Å². The van der Waals surface area contributed by atoms with Crippen LogP contribution >= 0.6 is 0 Å². The monoisotopic (exact) mass is 544 g/mol. The number of fused-ring (bicyclic) bond motifs is 6. The van der Waals surface area contributed by atoms with Crippen molar-refractivity contribution in [3.8, 4) is 33.6 Å². The highest BCUT2D eigenvalue weighted by atomic mass is 19.1. The SMILES string of the molecule is Fc1ccc(-c2nc3ccc4ccccc4c3cc2-c2cc3c(ccc4ccccc43)nc2-c2ccc(F)cc2)cc1. The normalized spacial score (nSPS) is 11.6. The topological polar surface area (TPSA) is 25.8 Å². The van der Waals surface area contributed by atoms with Gasteiger partial charge in [-0.1, -0.05) is 60.7 Å². The van der Waals surface area contributed by atoms with Gasteiger partial charge in [-0.2, -0.15) is 0 Å². The van der Waals surface area contributed by atoms with Crippen LogP contribution < -0.4 is 0 Å². The highest BCUT2D eigenvalue weighted by molar-refractivity contribution is 6.12. The van der Waals surface area contributed by atoms with E-state index in [4.69, 9.17) is 9.97 Å². The molecule has 198 valence electrons. The lowest BCUT2D eigenvalue weighted by atomic mass is 9.91. The Kier molecular flexibility index (Phi) is 5.54. The zero-order valence-corrected chi connectivity index (χ0v) is 22.4. The summed E-state index contributed by atoms with van der Waals surface area (Å²) in [5, 5.41) is 6.45. The van der Waals surface area contributed by atoms with Crippen LogP contribution in [0, 0.1) is 11.6 Å². The van der Waals surface area contributed by atoms with E-state index in [0.29, 0.717) is 0 Å². The van der Waals surface area contributed by atoms with E-state index in [2.05, 4.69) is 48.5 Å². The third kappa shape index (κ3) is 4.00. The Morgan fingerprint density at radius 1 is 0.381 bits per heavy atom. The van der Waals surface area contributed by atoms with Crippen LogP contribution in [-0.2, 0) is 0 Å². The largest absolute Gasteiger partial charge is 0.247 e. The van der Waals surface area contributed by atoms with Gasteiger partial charge in [-0.05, 0) is 94.3 Å². The fourth-order valence-electron chi connectivity index (χ4n) is 5.92. The second kappa shape index (κ2) is 9.57. The predicted molar refractivity (Wildman–Crippen MR) is 168 cm³/mol. The second-order valence-electron chi connectivity index (χ2n) is 10.5. The first-order valence-electron chi connectivity index (χ1n) is 13.8. The van der Waals surface area contributed by atoms with E-state index >= 15 is 0 Å². The molecule has 6 aromatic carbocycles. The maximum Gasteiger partial charge on any atom is 0.123 e. The smallest absolute Gasteiger partial charge is 0.123 e. The Balaban J connectivity index is 1.53. The van der Waals surface area contributed by atoms with Gasteiger partial charge in [-0.25, -0.2) is 18.7 Å². The van der Waals surface area contributed by atoms with Gasteiger partial charge in [0.15, 0.2) is 0 Å². The first-order chi connectivity index (χ1) is 20.6.